The summed E-state index contributed by atoms with van der Waals surface area (Å²) in [5.74, 6) is 0.342. The van der Waals surface area contributed by atoms with E-state index < -0.39 is 0 Å². The minimum Gasteiger partial charge on any atom is -0.384 e. The second-order valence-corrected chi connectivity index (χ2v) is 8.47. The van der Waals surface area contributed by atoms with Crippen LogP contribution in [0.15, 0.2) is 11.0 Å². The minimum absolute atomic E-state index is 0.0337. The number of methoxy groups -OCH3 is 1. The van der Waals surface area contributed by atoms with E-state index in [-0.39, 0.29) is 29.2 Å². The summed E-state index contributed by atoms with van der Waals surface area (Å²) in [5.41, 5.74) is 0.168. The Balaban J connectivity index is 1.53. The van der Waals surface area contributed by atoms with Gasteiger partial charge >= 0.3 is 0 Å². The van der Waals surface area contributed by atoms with E-state index in [1.54, 1.807) is 23.7 Å². The van der Waals surface area contributed by atoms with Crippen LogP contribution in [0.3, 0.4) is 0 Å². The molecular formula is C20H29N7O4. The standard InChI is InChI=1S/C20H29N7O4/c1-25-17-14(12-22-25)18(30)24-19(23-17)27-8-6-21-15(28)3-7-26(9-10-27)16(29)11-20(4-5-20)13-31-2/h12H,3-11,13H2,1-2H3,(H,21,28)(H,23,24,30). The Morgan fingerprint density at radius 3 is 2.77 bits per heavy atom. The number of aromatic amines is 1. The molecule has 2 amide bonds. The Labute approximate surface area is 179 Å². The summed E-state index contributed by atoms with van der Waals surface area (Å²) < 4.78 is 6.84. The second-order valence-electron chi connectivity index (χ2n) is 8.47. The van der Waals surface area contributed by atoms with E-state index in [2.05, 4.69) is 20.4 Å². The predicted molar refractivity (Wildman–Crippen MR) is 114 cm³/mol. The third-order valence-corrected chi connectivity index (χ3v) is 6.13. The SMILES string of the molecule is COCC1(CC(=O)N2CCC(=O)NCCN(c3nc4c(cnn4C)c(=O)[nH]3)CC2)CC1. The number of carbonyl (C=O) groups excluding carboxylic acids is 2. The van der Waals surface area contributed by atoms with Crippen LogP contribution in [0.5, 0.6) is 0 Å². The van der Waals surface area contributed by atoms with Gasteiger partial charge in [-0.3, -0.25) is 24.0 Å². The van der Waals surface area contributed by atoms with Gasteiger partial charge in [-0.1, -0.05) is 0 Å². The number of nitrogens with zero attached hydrogens (tertiary/aromatic N) is 5. The average molecular weight is 431 g/mol. The molecule has 0 unspecified atom stereocenters. The lowest BCUT2D eigenvalue weighted by Gasteiger charge is -2.30. The van der Waals surface area contributed by atoms with Gasteiger partial charge in [0.05, 0.1) is 12.8 Å². The molecule has 2 aromatic rings. The number of hydrogen-bond acceptors (Lipinski definition) is 7. The van der Waals surface area contributed by atoms with Crippen molar-refractivity contribution in [2.45, 2.75) is 25.7 Å². The molecule has 0 bridgehead atoms. The molecule has 11 heteroatoms. The van der Waals surface area contributed by atoms with Gasteiger partial charge in [0.15, 0.2) is 5.65 Å². The maximum absolute atomic E-state index is 13.0. The topological polar surface area (TPSA) is 125 Å². The molecule has 4 rings (SSSR count). The number of rotatable bonds is 5. The molecule has 1 saturated carbocycles. The van der Waals surface area contributed by atoms with E-state index in [1.165, 1.54) is 6.20 Å². The van der Waals surface area contributed by atoms with Crippen LogP contribution in [0.2, 0.25) is 0 Å². The van der Waals surface area contributed by atoms with E-state index in [0.717, 1.165) is 12.8 Å². The van der Waals surface area contributed by atoms with Crippen molar-refractivity contribution in [3.05, 3.63) is 16.6 Å². The molecule has 0 radical (unpaired) electrons. The third-order valence-electron chi connectivity index (χ3n) is 6.13. The van der Waals surface area contributed by atoms with Crippen LogP contribution in [-0.2, 0) is 21.4 Å². The maximum Gasteiger partial charge on any atom is 0.263 e. The molecule has 3 heterocycles. The number of fused-ring (bicyclic) bond motifs is 1. The Morgan fingerprint density at radius 1 is 1.23 bits per heavy atom. The summed E-state index contributed by atoms with van der Waals surface area (Å²) in [6.45, 7) is 2.78. The van der Waals surface area contributed by atoms with Crippen LogP contribution in [0, 0.1) is 5.41 Å². The molecule has 1 saturated heterocycles. The zero-order valence-electron chi connectivity index (χ0n) is 18.0. The van der Waals surface area contributed by atoms with Crippen molar-refractivity contribution < 1.29 is 14.3 Å². The summed E-state index contributed by atoms with van der Waals surface area (Å²) in [7, 11) is 3.39. The summed E-state index contributed by atoms with van der Waals surface area (Å²) in [6, 6.07) is 0. The van der Waals surface area contributed by atoms with E-state index >= 15 is 0 Å². The van der Waals surface area contributed by atoms with Crippen LogP contribution in [0.25, 0.3) is 11.0 Å². The van der Waals surface area contributed by atoms with Crippen molar-refractivity contribution in [3.8, 4) is 0 Å². The smallest absolute Gasteiger partial charge is 0.263 e. The number of aromatic nitrogens is 4. The molecule has 0 spiro atoms. The molecule has 168 valence electrons. The van der Waals surface area contributed by atoms with Gasteiger partial charge in [0.2, 0.25) is 17.8 Å². The van der Waals surface area contributed by atoms with Gasteiger partial charge in [-0.2, -0.15) is 10.1 Å². The molecule has 1 aliphatic carbocycles. The fourth-order valence-electron chi connectivity index (χ4n) is 4.04. The third kappa shape index (κ3) is 4.71. The molecule has 2 fully saturated rings. The highest BCUT2D eigenvalue weighted by molar-refractivity contribution is 5.80. The highest BCUT2D eigenvalue weighted by Gasteiger charge is 2.45. The largest absolute Gasteiger partial charge is 0.384 e. The van der Waals surface area contributed by atoms with Crippen LogP contribution in [0.1, 0.15) is 25.7 Å². The summed E-state index contributed by atoms with van der Waals surface area (Å²) in [4.78, 5) is 48.7. The van der Waals surface area contributed by atoms with Gasteiger partial charge < -0.3 is 19.9 Å². The Bertz CT molecular complexity index is 1030. The fourth-order valence-corrected chi connectivity index (χ4v) is 4.04. The van der Waals surface area contributed by atoms with Crippen LogP contribution in [-0.4, -0.2) is 82.9 Å². The highest BCUT2D eigenvalue weighted by atomic mass is 16.5. The normalized spacial score (nSPS) is 19.4. The van der Waals surface area contributed by atoms with Crippen molar-refractivity contribution >= 4 is 28.8 Å². The molecule has 0 atom stereocenters. The lowest BCUT2D eigenvalue weighted by atomic mass is 10.0. The van der Waals surface area contributed by atoms with Gasteiger partial charge in [0, 0.05) is 65.1 Å². The number of aryl methyl sites for hydroxylation is 1. The lowest BCUT2D eigenvalue weighted by molar-refractivity contribution is -0.133. The molecule has 11 nitrogen and oxygen atoms in total. The van der Waals surface area contributed by atoms with E-state index in [4.69, 9.17) is 4.74 Å². The summed E-state index contributed by atoms with van der Waals surface area (Å²) >= 11 is 0. The second kappa shape index (κ2) is 8.66. The first kappa shape index (κ1) is 21.3. The van der Waals surface area contributed by atoms with Crippen LogP contribution in [0.4, 0.5) is 5.95 Å². The predicted octanol–water partition coefficient (Wildman–Crippen LogP) is -0.372. The van der Waals surface area contributed by atoms with Gasteiger partial charge in [0.1, 0.15) is 5.39 Å². The van der Waals surface area contributed by atoms with Gasteiger partial charge in [-0.15, -0.1) is 0 Å². The first-order chi connectivity index (χ1) is 14.9. The summed E-state index contributed by atoms with van der Waals surface area (Å²) in [6.07, 6.45) is 4.17. The van der Waals surface area contributed by atoms with Gasteiger partial charge in [-0.25, -0.2) is 0 Å². The first-order valence-corrected chi connectivity index (χ1v) is 10.6. The molecule has 2 N–H and O–H groups in total. The zero-order valence-corrected chi connectivity index (χ0v) is 18.0. The number of nitrogens with one attached hydrogen (secondary N) is 2. The molecule has 31 heavy (non-hydrogen) atoms. The van der Waals surface area contributed by atoms with Crippen LogP contribution < -0.4 is 15.8 Å². The Morgan fingerprint density at radius 2 is 2.03 bits per heavy atom. The van der Waals surface area contributed by atoms with Crippen molar-refractivity contribution in [3.63, 3.8) is 0 Å². The van der Waals surface area contributed by atoms with Crippen molar-refractivity contribution in [1.29, 1.82) is 0 Å². The number of amides is 2. The minimum atomic E-state index is -0.266. The number of ether oxygens (including phenoxy) is 1. The number of carbonyl (C=O) groups is 2. The number of hydrogen-bond donors (Lipinski definition) is 2. The highest BCUT2D eigenvalue weighted by Crippen LogP contribution is 2.49. The molecule has 2 aliphatic rings. The molecular weight excluding hydrogens is 402 g/mol. The fraction of sp³-hybridized carbons (Fsp3) is 0.650. The lowest BCUT2D eigenvalue weighted by Crippen LogP contribution is -2.46. The monoisotopic (exact) mass is 431 g/mol. The zero-order chi connectivity index (χ0) is 22.0. The van der Waals surface area contributed by atoms with Crippen LogP contribution >= 0.6 is 0 Å². The number of H-pyrrole nitrogens is 1. The Hall–Kier alpha value is -2.95. The summed E-state index contributed by atoms with van der Waals surface area (Å²) in [5, 5.41) is 7.40. The van der Waals surface area contributed by atoms with Gasteiger partial charge in [0.25, 0.3) is 5.56 Å². The van der Waals surface area contributed by atoms with Crippen molar-refractivity contribution in [2.75, 3.05) is 51.3 Å². The average Bonchev–Trinajstić information content (AvgIpc) is 3.38. The first-order valence-electron chi connectivity index (χ1n) is 10.6. The van der Waals surface area contributed by atoms with Crippen molar-refractivity contribution in [2.24, 2.45) is 12.5 Å². The molecule has 2 aromatic heterocycles. The van der Waals surface area contributed by atoms with Gasteiger partial charge in [-0.05, 0) is 12.8 Å². The quantitative estimate of drug-likeness (QED) is 0.661. The maximum atomic E-state index is 13.0. The van der Waals surface area contributed by atoms with E-state index in [1.807, 2.05) is 4.90 Å². The van der Waals surface area contributed by atoms with Crippen molar-refractivity contribution in [1.82, 2.24) is 30.0 Å². The van der Waals surface area contributed by atoms with E-state index in [9.17, 15) is 14.4 Å². The van der Waals surface area contributed by atoms with E-state index in [0.29, 0.717) is 62.7 Å². The Kier molecular flexibility index (Phi) is 5.94. The number of anilines is 1. The molecule has 1 aliphatic heterocycles. The molecule has 0 aromatic carbocycles.